The number of rotatable bonds is 3. The van der Waals surface area contributed by atoms with Crippen LogP contribution in [0.4, 0.5) is 0 Å². The van der Waals surface area contributed by atoms with Crippen molar-refractivity contribution in [2.24, 2.45) is 0 Å². The van der Waals surface area contributed by atoms with E-state index in [2.05, 4.69) is 22.1 Å². The largest absolute Gasteiger partial charge is 0.361 e. The summed E-state index contributed by atoms with van der Waals surface area (Å²) in [7, 11) is 0. The van der Waals surface area contributed by atoms with Crippen LogP contribution in [0.15, 0.2) is 60.8 Å². The van der Waals surface area contributed by atoms with Crippen molar-refractivity contribution < 1.29 is 4.79 Å². The van der Waals surface area contributed by atoms with Crippen molar-refractivity contribution in [2.45, 2.75) is 6.42 Å². The fraction of sp³-hybridized carbons (Fsp3) is 0.105. The van der Waals surface area contributed by atoms with Crippen LogP contribution in [0.25, 0.3) is 10.9 Å². The molecule has 2 aromatic carbocycles. The molecule has 0 atom stereocenters. The van der Waals surface area contributed by atoms with E-state index in [9.17, 15) is 4.79 Å². The van der Waals surface area contributed by atoms with Gasteiger partial charge in [-0.2, -0.15) is 0 Å². The van der Waals surface area contributed by atoms with Crippen molar-refractivity contribution in [3.63, 3.8) is 0 Å². The molecule has 3 aromatic rings. The van der Waals surface area contributed by atoms with Crippen LogP contribution in [0.2, 0.25) is 0 Å². The van der Waals surface area contributed by atoms with Gasteiger partial charge in [-0.1, -0.05) is 36.3 Å². The van der Waals surface area contributed by atoms with Gasteiger partial charge in [0.25, 0.3) is 5.91 Å². The van der Waals surface area contributed by atoms with Crippen LogP contribution in [0.3, 0.4) is 0 Å². The molecule has 3 heteroatoms. The minimum absolute atomic E-state index is 0.245. The first kappa shape index (κ1) is 14.0. The Morgan fingerprint density at radius 2 is 1.95 bits per heavy atom. The molecule has 0 saturated carbocycles. The lowest BCUT2D eigenvalue weighted by atomic mass is 10.1. The number of H-pyrrole nitrogens is 1. The van der Waals surface area contributed by atoms with E-state index >= 15 is 0 Å². The summed E-state index contributed by atoms with van der Waals surface area (Å²) >= 11 is 0. The monoisotopic (exact) mass is 288 g/mol. The molecule has 0 unspecified atom stereocenters. The maximum atomic E-state index is 11.7. The number of benzene rings is 2. The van der Waals surface area contributed by atoms with Gasteiger partial charge < -0.3 is 10.3 Å². The lowest BCUT2D eigenvalue weighted by molar-refractivity contribution is -0.115. The molecule has 0 aliphatic heterocycles. The number of amides is 1. The molecule has 1 heterocycles. The third-order valence-electron chi connectivity index (χ3n) is 3.42. The molecular formula is C19H16N2O. The van der Waals surface area contributed by atoms with Gasteiger partial charge in [-0.25, -0.2) is 0 Å². The zero-order valence-corrected chi connectivity index (χ0v) is 12.1. The number of fused-ring (bicyclic) bond motifs is 1. The first-order chi connectivity index (χ1) is 10.8. The number of hydrogen-bond acceptors (Lipinski definition) is 1. The van der Waals surface area contributed by atoms with E-state index in [0.29, 0.717) is 6.54 Å². The smallest absolute Gasteiger partial charge is 0.296 e. The highest BCUT2D eigenvalue weighted by Crippen LogP contribution is 2.13. The van der Waals surface area contributed by atoms with Crippen LogP contribution in [0, 0.1) is 11.8 Å². The van der Waals surface area contributed by atoms with Gasteiger partial charge in [-0.15, -0.1) is 0 Å². The Kier molecular flexibility index (Phi) is 4.22. The first-order valence-corrected chi connectivity index (χ1v) is 7.22. The van der Waals surface area contributed by atoms with Gasteiger partial charge in [0.1, 0.15) is 0 Å². The van der Waals surface area contributed by atoms with E-state index in [1.54, 1.807) is 0 Å². The van der Waals surface area contributed by atoms with Crippen molar-refractivity contribution in [3.8, 4) is 11.8 Å². The second kappa shape index (κ2) is 6.64. The average molecular weight is 288 g/mol. The van der Waals surface area contributed by atoms with Gasteiger partial charge in [-0.05, 0) is 36.2 Å². The van der Waals surface area contributed by atoms with Crippen LogP contribution >= 0.6 is 0 Å². The maximum absolute atomic E-state index is 11.7. The number of aromatic amines is 1. The number of hydrogen-bond donors (Lipinski definition) is 2. The summed E-state index contributed by atoms with van der Waals surface area (Å²) in [6.45, 7) is 0.592. The minimum atomic E-state index is -0.245. The van der Waals surface area contributed by atoms with E-state index in [4.69, 9.17) is 0 Å². The van der Waals surface area contributed by atoms with Crippen LogP contribution in [-0.4, -0.2) is 17.4 Å². The van der Waals surface area contributed by atoms with Crippen LogP contribution in [0.5, 0.6) is 0 Å². The van der Waals surface area contributed by atoms with Gasteiger partial charge in [0.2, 0.25) is 0 Å². The summed E-state index contributed by atoms with van der Waals surface area (Å²) in [6.07, 6.45) is 2.70. The summed E-state index contributed by atoms with van der Waals surface area (Å²) < 4.78 is 0. The van der Waals surface area contributed by atoms with Gasteiger partial charge in [-0.3, -0.25) is 4.79 Å². The molecule has 0 saturated heterocycles. The third-order valence-corrected chi connectivity index (χ3v) is 3.42. The molecule has 0 aliphatic rings. The Bertz CT molecular complexity index is 838. The highest BCUT2D eigenvalue weighted by Gasteiger charge is 1.97. The van der Waals surface area contributed by atoms with Crippen molar-refractivity contribution in [1.29, 1.82) is 0 Å². The van der Waals surface area contributed by atoms with E-state index in [1.165, 1.54) is 5.56 Å². The molecule has 2 N–H and O–H groups in total. The molecule has 3 nitrogen and oxygen atoms in total. The molecule has 0 fully saturated rings. The van der Waals surface area contributed by atoms with E-state index in [1.807, 2.05) is 60.8 Å². The second-order valence-electron chi connectivity index (χ2n) is 5.02. The lowest BCUT2D eigenvalue weighted by Gasteiger charge is -2.01. The van der Waals surface area contributed by atoms with Crippen LogP contribution in [0.1, 0.15) is 11.1 Å². The average Bonchev–Trinajstić information content (AvgIpc) is 3.01. The molecular weight excluding hydrogens is 272 g/mol. The summed E-state index contributed by atoms with van der Waals surface area (Å²) in [4.78, 5) is 14.9. The molecule has 0 radical (unpaired) electrons. The number of nitrogens with one attached hydrogen (secondary N) is 2. The maximum Gasteiger partial charge on any atom is 0.296 e. The summed E-state index contributed by atoms with van der Waals surface area (Å²) in [5, 5.41) is 3.91. The zero-order chi connectivity index (χ0) is 15.2. The summed E-state index contributed by atoms with van der Waals surface area (Å²) in [5.74, 6) is 5.29. The molecule has 1 aromatic heterocycles. The molecule has 1 amide bonds. The Morgan fingerprint density at radius 1 is 1.09 bits per heavy atom. The summed E-state index contributed by atoms with van der Waals surface area (Å²) in [6, 6.07) is 17.9. The van der Waals surface area contributed by atoms with Crippen molar-refractivity contribution in [1.82, 2.24) is 10.3 Å². The predicted octanol–water partition coefficient (Wildman–Crippen LogP) is 2.88. The minimum Gasteiger partial charge on any atom is -0.361 e. The van der Waals surface area contributed by atoms with Gasteiger partial charge in [0.15, 0.2) is 0 Å². The standard InChI is InChI=1S/C19H16N2O/c22-19(21-12-10-15-4-2-1-3-5-15)9-7-16-6-8-18-17(14-16)11-13-20-18/h1-6,8,11,13-14,20H,10,12H2,(H,21,22). The summed E-state index contributed by atoms with van der Waals surface area (Å²) in [5.41, 5.74) is 3.11. The Balaban J connectivity index is 1.55. The lowest BCUT2D eigenvalue weighted by Crippen LogP contribution is -2.23. The van der Waals surface area contributed by atoms with E-state index in [-0.39, 0.29) is 5.91 Å². The third kappa shape index (κ3) is 3.56. The van der Waals surface area contributed by atoms with Crippen molar-refractivity contribution in [3.05, 3.63) is 71.9 Å². The van der Waals surface area contributed by atoms with E-state index in [0.717, 1.165) is 22.9 Å². The molecule has 3 rings (SSSR count). The van der Waals surface area contributed by atoms with Crippen LogP contribution in [-0.2, 0) is 11.2 Å². The predicted molar refractivity (Wildman–Crippen MR) is 88.3 cm³/mol. The fourth-order valence-electron chi connectivity index (χ4n) is 2.27. The quantitative estimate of drug-likeness (QED) is 0.715. The zero-order valence-electron chi connectivity index (χ0n) is 12.1. The Morgan fingerprint density at radius 3 is 2.82 bits per heavy atom. The van der Waals surface area contributed by atoms with Crippen LogP contribution < -0.4 is 5.32 Å². The number of aromatic nitrogens is 1. The molecule has 0 bridgehead atoms. The van der Waals surface area contributed by atoms with Gasteiger partial charge in [0, 0.05) is 35.1 Å². The highest BCUT2D eigenvalue weighted by molar-refractivity contribution is 5.94. The number of carbonyl (C=O) groups excluding carboxylic acids is 1. The van der Waals surface area contributed by atoms with Gasteiger partial charge >= 0.3 is 0 Å². The topological polar surface area (TPSA) is 44.9 Å². The Labute approximate surface area is 129 Å². The first-order valence-electron chi connectivity index (χ1n) is 7.22. The fourth-order valence-corrected chi connectivity index (χ4v) is 2.27. The molecule has 0 spiro atoms. The highest BCUT2D eigenvalue weighted by atomic mass is 16.1. The van der Waals surface area contributed by atoms with E-state index < -0.39 is 0 Å². The van der Waals surface area contributed by atoms with Crippen molar-refractivity contribution in [2.75, 3.05) is 6.54 Å². The normalized spacial score (nSPS) is 10.0. The molecule has 0 aliphatic carbocycles. The SMILES string of the molecule is O=C(C#Cc1ccc2[nH]ccc2c1)NCCc1ccccc1. The Hall–Kier alpha value is -2.99. The van der Waals surface area contributed by atoms with Crippen molar-refractivity contribution >= 4 is 16.8 Å². The molecule has 108 valence electrons. The van der Waals surface area contributed by atoms with Gasteiger partial charge in [0.05, 0.1) is 0 Å². The number of carbonyl (C=O) groups is 1. The molecule has 22 heavy (non-hydrogen) atoms. The second-order valence-corrected chi connectivity index (χ2v) is 5.02.